The molecule has 1 aliphatic rings. The smallest absolute Gasteiger partial charge is 0.408 e. The zero-order valence-corrected chi connectivity index (χ0v) is 16.0. The highest BCUT2D eigenvalue weighted by Gasteiger charge is 2.29. The second-order valence-electron chi connectivity index (χ2n) is 7.33. The number of benzene rings is 2. The van der Waals surface area contributed by atoms with Crippen molar-refractivity contribution in [2.24, 2.45) is 5.92 Å². The summed E-state index contributed by atoms with van der Waals surface area (Å²) in [4.78, 5) is 36.0. The summed E-state index contributed by atoms with van der Waals surface area (Å²) in [5, 5.41) is 5.79. The number of fused-ring (bicyclic) bond motifs is 1. The summed E-state index contributed by atoms with van der Waals surface area (Å²) in [5.41, 5.74) is 2.96. The van der Waals surface area contributed by atoms with Crippen LogP contribution in [0.4, 0.5) is 5.69 Å². The Morgan fingerprint density at radius 3 is 2.76 bits per heavy atom. The number of hydrogen-bond donors (Lipinski definition) is 2. The van der Waals surface area contributed by atoms with E-state index in [-0.39, 0.29) is 17.7 Å². The van der Waals surface area contributed by atoms with Gasteiger partial charge in [0, 0.05) is 31.1 Å². The molecule has 4 rings (SSSR count). The van der Waals surface area contributed by atoms with Gasteiger partial charge in [0.25, 0.3) is 0 Å². The Bertz CT molecular complexity index is 1090. The third kappa shape index (κ3) is 4.74. The molecule has 1 heterocycles. The molecule has 0 atom stereocenters. The number of carbonyl (C=O) groups is 2. The van der Waals surface area contributed by atoms with Crippen LogP contribution in [0.5, 0.6) is 0 Å². The first-order valence-electron chi connectivity index (χ1n) is 9.85. The molecule has 7 nitrogen and oxygen atoms in total. The molecule has 2 amide bonds. The standard InChI is InChI=1S/C22H23N3O4/c26-20(9-4-12-25-18-7-1-2-8-19(18)29-22(25)28)23-14-15-5-3-6-17(13-15)24-21(27)16-10-11-16/h1-3,5-8,13,16H,4,9-12,14H2,(H,23,26)(H,24,27). The first-order valence-corrected chi connectivity index (χ1v) is 9.85. The quantitative estimate of drug-likeness (QED) is 0.615. The van der Waals surface area contributed by atoms with Crippen molar-refractivity contribution in [3.05, 3.63) is 64.6 Å². The number of oxazole rings is 1. The lowest BCUT2D eigenvalue weighted by molar-refractivity contribution is -0.121. The molecule has 0 unspecified atom stereocenters. The number of anilines is 1. The molecule has 1 fully saturated rings. The Morgan fingerprint density at radius 1 is 1.10 bits per heavy atom. The summed E-state index contributed by atoms with van der Waals surface area (Å²) in [7, 11) is 0. The molecule has 3 aromatic rings. The van der Waals surface area contributed by atoms with Crippen molar-refractivity contribution in [1.82, 2.24) is 9.88 Å². The Balaban J connectivity index is 1.25. The van der Waals surface area contributed by atoms with E-state index in [0.29, 0.717) is 31.5 Å². The molecule has 29 heavy (non-hydrogen) atoms. The van der Waals surface area contributed by atoms with Crippen LogP contribution in [0, 0.1) is 5.92 Å². The predicted molar refractivity (Wildman–Crippen MR) is 109 cm³/mol. The van der Waals surface area contributed by atoms with E-state index in [2.05, 4.69) is 10.6 Å². The van der Waals surface area contributed by atoms with Crippen molar-refractivity contribution >= 4 is 28.6 Å². The van der Waals surface area contributed by atoms with E-state index in [9.17, 15) is 14.4 Å². The van der Waals surface area contributed by atoms with Crippen molar-refractivity contribution in [3.63, 3.8) is 0 Å². The van der Waals surface area contributed by atoms with Crippen molar-refractivity contribution in [2.45, 2.75) is 38.8 Å². The van der Waals surface area contributed by atoms with Gasteiger partial charge in [-0.15, -0.1) is 0 Å². The van der Waals surface area contributed by atoms with Crippen LogP contribution in [0.3, 0.4) is 0 Å². The van der Waals surface area contributed by atoms with Gasteiger partial charge in [0.2, 0.25) is 11.8 Å². The van der Waals surface area contributed by atoms with Crippen LogP contribution in [0.25, 0.3) is 11.1 Å². The summed E-state index contributed by atoms with van der Waals surface area (Å²) >= 11 is 0. The lowest BCUT2D eigenvalue weighted by Crippen LogP contribution is -2.23. The molecule has 2 N–H and O–H groups in total. The number of aromatic nitrogens is 1. The van der Waals surface area contributed by atoms with Gasteiger partial charge in [-0.2, -0.15) is 0 Å². The Labute approximate surface area is 167 Å². The van der Waals surface area contributed by atoms with Crippen LogP contribution in [0.1, 0.15) is 31.2 Å². The number of nitrogens with one attached hydrogen (secondary N) is 2. The van der Waals surface area contributed by atoms with Crippen LogP contribution in [0.2, 0.25) is 0 Å². The molecule has 0 bridgehead atoms. The number of carbonyl (C=O) groups excluding carboxylic acids is 2. The van der Waals surface area contributed by atoms with Crippen molar-refractivity contribution < 1.29 is 14.0 Å². The van der Waals surface area contributed by atoms with Gasteiger partial charge in [-0.05, 0) is 49.1 Å². The average Bonchev–Trinajstić information content (AvgIpc) is 3.52. The maximum atomic E-state index is 12.2. The minimum atomic E-state index is -0.406. The van der Waals surface area contributed by atoms with Crippen molar-refractivity contribution in [1.29, 1.82) is 0 Å². The minimum absolute atomic E-state index is 0.0631. The topological polar surface area (TPSA) is 93.3 Å². The highest BCUT2D eigenvalue weighted by molar-refractivity contribution is 5.94. The largest absolute Gasteiger partial charge is 0.419 e. The van der Waals surface area contributed by atoms with E-state index in [1.54, 1.807) is 10.6 Å². The van der Waals surface area contributed by atoms with E-state index >= 15 is 0 Å². The van der Waals surface area contributed by atoms with E-state index < -0.39 is 5.76 Å². The molecular weight excluding hydrogens is 370 g/mol. The fourth-order valence-corrected chi connectivity index (χ4v) is 3.26. The maximum Gasteiger partial charge on any atom is 0.419 e. The van der Waals surface area contributed by atoms with Crippen LogP contribution in [-0.4, -0.2) is 16.4 Å². The molecule has 0 radical (unpaired) electrons. The van der Waals surface area contributed by atoms with Gasteiger partial charge in [0.1, 0.15) is 0 Å². The fraction of sp³-hybridized carbons (Fsp3) is 0.318. The van der Waals surface area contributed by atoms with E-state index in [1.807, 2.05) is 42.5 Å². The fourth-order valence-electron chi connectivity index (χ4n) is 3.26. The van der Waals surface area contributed by atoms with E-state index in [0.717, 1.165) is 29.6 Å². The van der Waals surface area contributed by atoms with Gasteiger partial charge >= 0.3 is 5.76 Å². The molecular formula is C22H23N3O4. The molecule has 150 valence electrons. The van der Waals surface area contributed by atoms with Gasteiger partial charge in [-0.1, -0.05) is 24.3 Å². The Morgan fingerprint density at radius 2 is 1.93 bits per heavy atom. The normalized spacial score (nSPS) is 13.4. The van der Waals surface area contributed by atoms with Gasteiger partial charge in [0.05, 0.1) is 5.52 Å². The van der Waals surface area contributed by atoms with Crippen LogP contribution in [-0.2, 0) is 22.7 Å². The van der Waals surface area contributed by atoms with Crippen molar-refractivity contribution in [3.8, 4) is 0 Å². The first kappa shape index (κ1) is 19.0. The number of aryl methyl sites for hydroxylation is 1. The van der Waals surface area contributed by atoms with Crippen LogP contribution in [0.15, 0.2) is 57.7 Å². The molecule has 2 aromatic carbocycles. The van der Waals surface area contributed by atoms with Gasteiger partial charge in [-0.25, -0.2) is 4.79 Å². The second kappa shape index (κ2) is 8.34. The first-order chi connectivity index (χ1) is 14.1. The second-order valence-corrected chi connectivity index (χ2v) is 7.33. The van der Waals surface area contributed by atoms with Gasteiger partial charge in [-0.3, -0.25) is 14.2 Å². The molecule has 1 aliphatic carbocycles. The van der Waals surface area contributed by atoms with Gasteiger partial charge < -0.3 is 15.1 Å². The summed E-state index contributed by atoms with van der Waals surface area (Å²) in [6, 6.07) is 14.7. The highest BCUT2D eigenvalue weighted by Crippen LogP contribution is 2.30. The predicted octanol–water partition coefficient (Wildman–Crippen LogP) is 3.04. The SMILES string of the molecule is O=C(CCCn1c(=O)oc2ccccc21)NCc1cccc(NC(=O)C2CC2)c1. The molecule has 7 heteroatoms. The molecule has 0 aliphatic heterocycles. The number of amides is 2. The number of rotatable bonds is 8. The number of para-hydroxylation sites is 2. The third-order valence-corrected chi connectivity index (χ3v) is 4.99. The zero-order valence-electron chi connectivity index (χ0n) is 16.0. The van der Waals surface area contributed by atoms with E-state index in [1.165, 1.54) is 0 Å². The average molecular weight is 393 g/mol. The molecule has 1 saturated carbocycles. The lowest BCUT2D eigenvalue weighted by atomic mass is 10.2. The van der Waals surface area contributed by atoms with Gasteiger partial charge in [0.15, 0.2) is 5.58 Å². The summed E-state index contributed by atoms with van der Waals surface area (Å²) in [6.07, 6.45) is 2.77. The Hall–Kier alpha value is -3.35. The molecule has 0 saturated heterocycles. The molecule has 1 aromatic heterocycles. The third-order valence-electron chi connectivity index (χ3n) is 4.99. The maximum absolute atomic E-state index is 12.2. The lowest BCUT2D eigenvalue weighted by Gasteiger charge is -2.09. The van der Waals surface area contributed by atoms with Crippen molar-refractivity contribution in [2.75, 3.05) is 5.32 Å². The minimum Gasteiger partial charge on any atom is -0.408 e. The Kier molecular flexibility index (Phi) is 5.46. The summed E-state index contributed by atoms with van der Waals surface area (Å²) < 4.78 is 6.75. The number of hydrogen-bond acceptors (Lipinski definition) is 4. The van der Waals surface area contributed by atoms with Crippen LogP contribution < -0.4 is 16.4 Å². The highest BCUT2D eigenvalue weighted by atomic mass is 16.4. The monoisotopic (exact) mass is 393 g/mol. The zero-order chi connectivity index (χ0) is 20.2. The van der Waals surface area contributed by atoms with E-state index in [4.69, 9.17) is 4.42 Å². The van der Waals surface area contributed by atoms with Crippen LogP contribution >= 0.6 is 0 Å². The number of nitrogens with zero attached hydrogens (tertiary/aromatic N) is 1. The molecule has 0 spiro atoms. The summed E-state index contributed by atoms with van der Waals surface area (Å²) in [5.74, 6) is -0.277. The summed E-state index contributed by atoms with van der Waals surface area (Å²) in [6.45, 7) is 0.812.